The molecule has 0 fully saturated rings. The Hall–Kier alpha value is -1.89. The summed E-state index contributed by atoms with van der Waals surface area (Å²) >= 11 is 0. The third kappa shape index (κ3) is 1.50. The van der Waals surface area contributed by atoms with E-state index in [4.69, 9.17) is 4.98 Å². The lowest BCUT2D eigenvalue weighted by molar-refractivity contribution is 1.28. The zero-order chi connectivity index (χ0) is 12.0. The maximum absolute atomic E-state index is 4.69. The summed E-state index contributed by atoms with van der Waals surface area (Å²) in [6.45, 7) is 6.37. The molecule has 0 unspecified atom stereocenters. The van der Waals surface area contributed by atoms with Crippen LogP contribution in [0.15, 0.2) is 36.4 Å². The van der Waals surface area contributed by atoms with E-state index in [0.29, 0.717) is 0 Å². The summed E-state index contributed by atoms with van der Waals surface area (Å²) in [7, 11) is 0. The highest BCUT2D eigenvalue weighted by molar-refractivity contribution is 6.08. The van der Waals surface area contributed by atoms with Crippen molar-refractivity contribution in [1.82, 2.24) is 4.98 Å². The van der Waals surface area contributed by atoms with Crippen LogP contribution in [-0.4, -0.2) is 4.98 Å². The van der Waals surface area contributed by atoms with Gasteiger partial charge in [-0.3, -0.25) is 4.98 Å². The Kier molecular flexibility index (Phi) is 2.15. The summed E-state index contributed by atoms with van der Waals surface area (Å²) in [6, 6.07) is 12.9. The van der Waals surface area contributed by atoms with Gasteiger partial charge in [0.2, 0.25) is 0 Å². The number of benzene rings is 2. The van der Waals surface area contributed by atoms with E-state index < -0.39 is 0 Å². The monoisotopic (exact) mass is 221 g/mol. The average Bonchev–Trinajstić information content (AvgIpc) is 2.28. The van der Waals surface area contributed by atoms with Gasteiger partial charge in [-0.25, -0.2) is 0 Å². The van der Waals surface area contributed by atoms with Gasteiger partial charge in [-0.1, -0.05) is 35.9 Å². The van der Waals surface area contributed by atoms with Crippen LogP contribution < -0.4 is 0 Å². The standard InChI is InChI=1S/C16H15N/c1-10-7-8-13-12(3)17-15-6-4-5-11(2)16(15)14(13)9-10/h4-9H,1-3H3. The molecule has 17 heavy (non-hydrogen) atoms. The van der Waals surface area contributed by atoms with Crippen LogP contribution in [0.5, 0.6) is 0 Å². The van der Waals surface area contributed by atoms with Gasteiger partial charge in [0.15, 0.2) is 0 Å². The highest BCUT2D eigenvalue weighted by Gasteiger charge is 2.07. The molecule has 0 amide bonds. The molecular formula is C16H15N. The van der Waals surface area contributed by atoms with Crippen LogP contribution in [0, 0.1) is 20.8 Å². The van der Waals surface area contributed by atoms with Crippen molar-refractivity contribution in [1.29, 1.82) is 0 Å². The molecule has 0 spiro atoms. The fourth-order valence-electron chi connectivity index (χ4n) is 2.52. The van der Waals surface area contributed by atoms with Crippen LogP contribution in [0.4, 0.5) is 0 Å². The molecule has 1 heteroatoms. The third-order valence-corrected chi connectivity index (χ3v) is 3.37. The summed E-state index contributed by atoms with van der Waals surface area (Å²) in [5.74, 6) is 0. The maximum atomic E-state index is 4.69. The van der Waals surface area contributed by atoms with Gasteiger partial charge < -0.3 is 0 Å². The van der Waals surface area contributed by atoms with Crippen LogP contribution in [0.2, 0.25) is 0 Å². The lowest BCUT2D eigenvalue weighted by atomic mass is 9.99. The van der Waals surface area contributed by atoms with E-state index in [1.165, 1.54) is 27.3 Å². The highest BCUT2D eigenvalue weighted by Crippen LogP contribution is 2.29. The molecule has 0 atom stereocenters. The number of aryl methyl sites for hydroxylation is 3. The Bertz CT molecular complexity index is 726. The van der Waals surface area contributed by atoms with Gasteiger partial charge in [0, 0.05) is 16.5 Å². The maximum Gasteiger partial charge on any atom is 0.0714 e. The Balaban J connectivity index is 2.65. The van der Waals surface area contributed by atoms with Crippen molar-refractivity contribution in [2.24, 2.45) is 0 Å². The van der Waals surface area contributed by atoms with E-state index in [0.717, 1.165) is 11.2 Å². The van der Waals surface area contributed by atoms with Crippen LogP contribution in [0.3, 0.4) is 0 Å². The fraction of sp³-hybridized carbons (Fsp3) is 0.188. The van der Waals surface area contributed by atoms with Gasteiger partial charge in [0.05, 0.1) is 5.52 Å². The van der Waals surface area contributed by atoms with Gasteiger partial charge in [0.25, 0.3) is 0 Å². The molecule has 0 aliphatic rings. The van der Waals surface area contributed by atoms with E-state index in [1.807, 2.05) is 0 Å². The molecule has 0 radical (unpaired) electrons. The van der Waals surface area contributed by atoms with E-state index in [9.17, 15) is 0 Å². The molecule has 0 N–H and O–H groups in total. The molecule has 0 saturated carbocycles. The first-order valence-corrected chi connectivity index (χ1v) is 5.93. The van der Waals surface area contributed by atoms with Crippen molar-refractivity contribution in [2.45, 2.75) is 20.8 Å². The summed E-state index contributed by atoms with van der Waals surface area (Å²) in [6.07, 6.45) is 0. The van der Waals surface area contributed by atoms with Crippen LogP contribution in [-0.2, 0) is 0 Å². The van der Waals surface area contributed by atoms with E-state index in [2.05, 4.69) is 57.2 Å². The number of rotatable bonds is 0. The predicted molar refractivity (Wildman–Crippen MR) is 73.5 cm³/mol. The largest absolute Gasteiger partial charge is 0.252 e. The van der Waals surface area contributed by atoms with Gasteiger partial charge in [0.1, 0.15) is 0 Å². The molecule has 1 heterocycles. The summed E-state index contributed by atoms with van der Waals surface area (Å²) in [5, 5.41) is 3.87. The lowest BCUT2D eigenvalue weighted by Gasteiger charge is -2.09. The second-order valence-electron chi connectivity index (χ2n) is 4.72. The Labute approximate surface area is 101 Å². The SMILES string of the molecule is Cc1ccc2c(C)nc3cccc(C)c3c2c1. The van der Waals surface area contributed by atoms with Crippen LogP contribution >= 0.6 is 0 Å². The topological polar surface area (TPSA) is 12.9 Å². The molecule has 3 rings (SSSR count). The second kappa shape index (κ2) is 3.56. The molecule has 3 aromatic rings. The zero-order valence-corrected chi connectivity index (χ0v) is 10.4. The number of pyridine rings is 1. The molecule has 84 valence electrons. The van der Waals surface area contributed by atoms with Gasteiger partial charge in [-0.2, -0.15) is 0 Å². The number of fused-ring (bicyclic) bond motifs is 3. The predicted octanol–water partition coefficient (Wildman–Crippen LogP) is 4.31. The number of hydrogen-bond donors (Lipinski definition) is 0. The summed E-state index contributed by atoms with van der Waals surface area (Å²) in [4.78, 5) is 4.69. The van der Waals surface area contributed by atoms with Crippen molar-refractivity contribution in [3.63, 3.8) is 0 Å². The van der Waals surface area contributed by atoms with Crippen molar-refractivity contribution >= 4 is 21.7 Å². The minimum absolute atomic E-state index is 1.10. The normalized spacial score (nSPS) is 11.2. The van der Waals surface area contributed by atoms with Gasteiger partial charge >= 0.3 is 0 Å². The van der Waals surface area contributed by atoms with E-state index in [-0.39, 0.29) is 0 Å². The minimum Gasteiger partial charge on any atom is -0.252 e. The molecule has 0 aliphatic heterocycles. The summed E-state index contributed by atoms with van der Waals surface area (Å²) < 4.78 is 0. The van der Waals surface area contributed by atoms with Crippen LogP contribution in [0.1, 0.15) is 16.8 Å². The first-order chi connectivity index (χ1) is 8.16. The molecule has 2 aromatic carbocycles. The smallest absolute Gasteiger partial charge is 0.0714 e. The highest BCUT2D eigenvalue weighted by atomic mass is 14.7. The molecule has 0 saturated heterocycles. The molecule has 0 aliphatic carbocycles. The van der Waals surface area contributed by atoms with E-state index >= 15 is 0 Å². The van der Waals surface area contributed by atoms with Crippen molar-refractivity contribution in [3.05, 3.63) is 53.2 Å². The summed E-state index contributed by atoms with van der Waals surface area (Å²) in [5.41, 5.74) is 4.80. The number of nitrogens with zero attached hydrogens (tertiary/aromatic N) is 1. The molecule has 0 bridgehead atoms. The number of aromatic nitrogens is 1. The van der Waals surface area contributed by atoms with Crippen molar-refractivity contribution in [3.8, 4) is 0 Å². The third-order valence-electron chi connectivity index (χ3n) is 3.37. The average molecular weight is 221 g/mol. The van der Waals surface area contributed by atoms with Gasteiger partial charge in [-0.05, 0) is 37.8 Å². The first kappa shape index (κ1) is 10.3. The zero-order valence-electron chi connectivity index (χ0n) is 10.4. The van der Waals surface area contributed by atoms with Crippen molar-refractivity contribution in [2.75, 3.05) is 0 Å². The fourth-order valence-corrected chi connectivity index (χ4v) is 2.52. The van der Waals surface area contributed by atoms with Gasteiger partial charge in [-0.15, -0.1) is 0 Å². The van der Waals surface area contributed by atoms with E-state index in [1.54, 1.807) is 0 Å². The molecule has 1 nitrogen and oxygen atoms in total. The Morgan fingerprint density at radius 2 is 1.71 bits per heavy atom. The Morgan fingerprint density at radius 3 is 2.53 bits per heavy atom. The molecular weight excluding hydrogens is 206 g/mol. The number of hydrogen-bond acceptors (Lipinski definition) is 1. The Morgan fingerprint density at radius 1 is 0.882 bits per heavy atom. The first-order valence-electron chi connectivity index (χ1n) is 5.93. The van der Waals surface area contributed by atoms with Crippen LogP contribution in [0.25, 0.3) is 21.7 Å². The van der Waals surface area contributed by atoms with Crippen molar-refractivity contribution < 1.29 is 0 Å². The molecule has 1 aromatic heterocycles. The lowest BCUT2D eigenvalue weighted by Crippen LogP contribution is -1.90. The minimum atomic E-state index is 1.10. The quantitative estimate of drug-likeness (QED) is 0.515. The second-order valence-corrected chi connectivity index (χ2v) is 4.72.